The van der Waals surface area contributed by atoms with Gasteiger partial charge in [0.05, 0.1) is 12.2 Å². The van der Waals surface area contributed by atoms with E-state index in [9.17, 15) is 9.90 Å². The fourth-order valence-corrected chi connectivity index (χ4v) is 2.62. The van der Waals surface area contributed by atoms with Gasteiger partial charge in [0.15, 0.2) is 0 Å². The summed E-state index contributed by atoms with van der Waals surface area (Å²) in [5, 5.41) is 10.1. The molecule has 1 N–H and O–H groups in total. The molecule has 1 rings (SSSR count). The quantitative estimate of drug-likeness (QED) is 0.456. The first-order valence-corrected chi connectivity index (χ1v) is 6.38. The van der Waals surface area contributed by atoms with Crippen LogP contribution in [0.1, 0.15) is 46.5 Å². The monoisotopic (exact) mass is 240 g/mol. The van der Waals surface area contributed by atoms with Crippen molar-refractivity contribution in [1.29, 1.82) is 0 Å². The highest BCUT2D eigenvalue weighted by Crippen LogP contribution is 2.43. The molecule has 3 nitrogen and oxygen atoms in total. The predicted molar refractivity (Wildman–Crippen MR) is 67.5 cm³/mol. The van der Waals surface area contributed by atoms with Gasteiger partial charge in [0, 0.05) is 6.92 Å². The van der Waals surface area contributed by atoms with E-state index in [-0.39, 0.29) is 11.9 Å². The van der Waals surface area contributed by atoms with Crippen molar-refractivity contribution >= 4 is 5.97 Å². The van der Waals surface area contributed by atoms with Gasteiger partial charge in [0.25, 0.3) is 0 Å². The van der Waals surface area contributed by atoms with Crippen LogP contribution in [-0.4, -0.2) is 23.3 Å². The largest absolute Gasteiger partial charge is 0.466 e. The lowest BCUT2D eigenvalue weighted by molar-refractivity contribution is -0.141. The van der Waals surface area contributed by atoms with E-state index in [1.807, 2.05) is 6.92 Å². The minimum Gasteiger partial charge on any atom is -0.466 e. The molecule has 1 aliphatic rings. The number of carbonyl (C=O) groups excluding carboxylic acids is 1. The van der Waals surface area contributed by atoms with Crippen molar-refractivity contribution in [2.45, 2.75) is 52.1 Å². The first-order chi connectivity index (χ1) is 7.84. The van der Waals surface area contributed by atoms with Crippen LogP contribution in [0.5, 0.6) is 0 Å². The molecule has 0 aromatic rings. The van der Waals surface area contributed by atoms with Crippen molar-refractivity contribution in [1.82, 2.24) is 0 Å². The van der Waals surface area contributed by atoms with Crippen LogP contribution < -0.4 is 0 Å². The zero-order valence-electron chi connectivity index (χ0n) is 11.2. The van der Waals surface area contributed by atoms with Gasteiger partial charge in [0.1, 0.15) is 0 Å². The molecule has 1 fully saturated rings. The first-order valence-electron chi connectivity index (χ1n) is 6.38. The summed E-state index contributed by atoms with van der Waals surface area (Å²) in [5.74, 6) is 0.443. The number of allylic oxidation sites excluding steroid dienone is 1. The zero-order valence-corrected chi connectivity index (χ0v) is 11.2. The van der Waals surface area contributed by atoms with E-state index in [1.165, 1.54) is 12.5 Å². The lowest BCUT2D eigenvalue weighted by Gasteiger charge is -2.26. The molecule has 0 aliphatic heterocycles. The van der Waals surface area contributed by atoms with Crippen LogP contribution in [0.2, 0.25) is 0 Å². The van der Waals surface area contributed by atoms with Crippen LogP contribution in [0.4, 0.5) is 0 Å². The second-order valence-electron chi connectivity index (χ2n) is 5.39. The Morgan fingerprint density at radius 3 is 2.71 bits per heavy atom. The fraction of sp³-hybridized carbons (Fsp3) is 0.786. The summed E-state index contributed by atoms with van der Waals surface area (Å²) in [5.41, 5.74) is 0.631. The molecule has 3 heteroatoms. The molecule has 0 spiro atoms. The van der Waals surface area contributed by atoms with Gasteiger partial charge in [-0.25, -0.2) is 0 Å². The fourth-order valence-electron chi connectivity index (χ4n) is 2.62. The van der Waals surface area contributed by atoms with Crippen molar-refractivity contribution in [3.63, 3.8) is 0 Å². The summed E-state index contributed by atoms with van der Waals surface area (Å²) in [4.78, 5) is 10.6. The second kappa shape index (κ2) is 5.67. The summed E-state index contributed by atoms with van der Waals surface area (Å²) in [6.45, 7) is 10.0. The molecule has 0 bridgehead atoms. The second-order valence-corrected chi connectivity index (χ2v) is 5.39. The Morgan fingerprint density at radius 1 is 1.59 bits per heavy atom. The number of esters is 1. The molecule has 0 radical (unpaired) electrons. The third kappa shape index (κ3) is 3.84. The summed E-state index contributed by atoms with van der Waals surface area (Å²) < 4.78 is 4.89. The summed E-state index contributed by atoms with van der Waals surface area (Å²) >= 11 is 0. The molecule has 0 heterocycles. The molecule has 0 amide bonds. The van der Waals surface area contributed by atoms with E-state index < -0.39 is 5.60 Å². The number of aliphatic hydroxyl groups is 1. The molecule has 1 aliphatic carbocycles. The number of carbonyl (C=O) groups is 1. The normalized spacial score (nSPS) is 32.5. The molecular formula is C14H24O3. The van der Waals surface area contributed by atoms with Gasteiger partial charge >= 0.3 is 5.97 Å². The van der Waals surface area contributed by atoms with Gasteiger partial charge < -0.3 is 9.84 Å². The van der Waals surface area contributed by atoms with Crippen molar-refractivity contribution in [2.24, 2.45) is 11.8 Å². The zero-order chi connectivity index (χ0) is 13.1. The highest BCUT2D eigenvalue weighted by Gasteiger charge is 2.41. The van der Waals surface area contributed by atoms with Crippen LogP contribution in [0.25, 0.3) is 0 Å². The van der Waals surface area contributed by atoms with Gasteiger partial charge in [-0.3, -0.25) is 4.79 Å². The minimum atomic E-state index is -0.552. The molecule has 3 unspecified atom stereocenters. The number of ether oxygens (including phenoxy) is 1. The Labute approximate surface area is 104 Å². The SMILES string of the molecule is C=C(CCCOC(C)=O)C1CCC(C)(O)C1C. The van der Waals surface area contributed by atoms with E-state index in [2.05, 4.69) is 13.5 Å². The molecule has 3 atom stereocenters. The Bertz CT molecular complexity index is 294. The van der Waals surface area contributed by atoms with Gasteiger partial charge in [-0.1, -0.05) is 19.1 Å². The van der Waals surface area contributed by atoms with E-state index in [0.29, 0.717) is 12.5 Å². The van der Waals surface area contributed by atoms with Crippen molar-refractivity contribution in [3.8, 4) is 0 Å². The summed E-state index contributed by atoms with van der Waals surface area (Å²) in [7, 11) is 0. The lowest BCUT2D eigenvalue weighted by atomic mass is 9.83. The highest BCUT2D eigenvalue weighted by atomic mass is 16.5. The third-order valence-corrected chi connectivity index (χ3v) is 4.02. The number of hydrogen-bond acceptors (Lipinski definition) is 3. The lowest BCUT2D eigenvalue weighted by Crippen LogP contribution is -2.29. The van der Waals surface area contributed by atoms with Gasteiger partial charge in [0.2, 0.25) is 0 Å². The highest BCUT2D eigenvalue weighted by molar-refractivity contribution is 5.65. The molecule has 0 aromatic heterocycles. The molecule has 17 heavy (non-hydrogen) atoms. The van der Waals surface area contributed by atoms with E-state index in [1.54, 1.807) is 0 Å². The van der Waals surface area contributed by atoms with Crippen LogP contribution in [-0.2, 0) is 9.53 Å². The average Bonchev–Trinajstić information content (AvgIpc) is 2.49. The van der Waals surface area contributed by atoms with Crippen LogP contribution in [0, 0.1) is 11.8 Å². The Balaban J connectivity index is 2.32. The molecule has 0 saturated heterocycles. The maximum atomic E-state index is 10.6. The van der Waals surface area contributed by atoms with Crippen molar-refractivity contribution in [3.05, 3.63) is 12.2 Å². The summed E-state index contributed by atoms with van der Waals surface area (Å²) in [6.07, 6.45) is 3.56. The van der Waals surface area contributed by atoms with Crippen LogP contribution in [0.15, 0.2) is 12.2 Å². The Morgan fingerprint density at radius 2 is 2.24 bits per heavy atom. The minimum absolute atomic E-state index is 0.229. The number of hydrogen-bond donors (Lipinski definition) is 1. The summed E-state index contributed by atoms with van der Waals surface area (Å²) in [6, 6.07) is 0. The standard InChI is InChI=1S/C14H24O3/c1-10(6-5-9-17-12(3)15)13-7-8-14(4,16)11(13)2/h11,13,16H,1,5-9H2,2-4H3. The van der Waals surface area contributed by atoms with Crippen molar-refractivity contribution in [2.75, 3.05) is 6.61 Å². The molecular weight excluding hydrogens is 216 g/mol. The number of rotatable bonds is 5. The molecule has 1 saturated carbocycles. The average molecular weight is 240 g/mol. The predicted octanol–water partition coefficient (Wildman–Crippen LogP) is 2.68. The van der Waals surface area contributed by atoms with Gasteiger partial charge in [-0.15, -0.1) is 0 Å². The smallest absolute Gasteiger partial charge is 0.302 e. The molecule has 98 valence electrons. The van der Waals surface area contributed by atoms with Crippen molar-refractivity contribution < 1.29 is 14.6 Å². The van der Waals surface area contributed by atoms with Gasteiger partial charge in [-0.05, 0) is 44.4 Å². The van der Waals surface area contributed by atoms with E-state index >= 15 is 0 Å². The molecule has 0 aromatic carbocycles. The Kier molecular flexibility index (Phi) is 4.75. The Hall–Kier alpha value is -0.830. The van der Waals surface area contributed by atoms with Crippen LogP contribution in [0.3, 0.4) is 0 Å². The van der Waals surface area contributed by atoms with E-state index in [0.717, 1.165) is 25.7 Å². The topological polar surface area (TPSA) is 46.5 Å². The van der Waals surface area contributed by atoms with Crippen LogP contribution >= 0.6 is 0 Å². The third-order valence-electron chi connectivity index (χ3n) is 4.02. The maximum absolute atomic E-state index is 10.6. The van der Waals surface area contributed by atoms with E-state index in [4.69, 9.17) is 4.74 Å². The maximum Gasteiger partial charge on any atom is 0.302 e. The first kappa shape index (κ1) is 14.2. The van der Waals surface area contributed by atoms with Gasteiger partial charge in [-0.2, -0.15) is 0 Å².